The van der Waals surface area contributed by atoms with E-state index in [2.05, 4.69) is 59.6 Å². The molecule has 0 aromatic heterocycles. The molecule has 0 saturated carbocycles. The summed E-state index contributed by atoms with van der Waals surface area (Å²) in [6.07, 6.45) is 4.23. The molecule has 16 heavy (non-hydrogen) atoms. The van der Waals surface area contributed by atoms with Crippen LogP contribution >= 0.6 is 0 Å². The molecule has 0 fully saturated rings. The molecule has 5 heteroatoms. The van der Waals surface area contributed by atoms with E-state index >= 15 is 0 Å². The van der Waals surface area contributed by atoms with Crippen LogP contribution in [0.3, 0.4) is 0 Å². The van der Waals surface area contributed by atoms with Gasteiger partial charge in [0.1, 0.15) is 0 Å². The molecule has 0 aliphatic carbocycles. The molecule has 93 valence electrons. The van der Waals surface area contributed by atoms with Crippen LogP contribution in [0, 0.1) is 0 Å². The Labute approximate surface area is 129 Å². The van der Waals surface area contributed by atoms with Crippen molar-refractivity contribution < 1.29 is 51.0 Å². The van der Waals surface area contributed by atoms with Crippen LogP contribution in [0.25, 0.3) is 0 Å². The van der Waals surface area contributed by atoms with Crippen molar-refractivity contribution in [3.05, 3.63) is 48.3 Å². The molecule has 1 aromatic carbocycles. The Morgan fingerprint density at radius 2 is 1.69 bits per heavy atom. The molecule has 0 unspecified atom stereocenters. The van der Waals surface area contributed by atoms with Crippen LogP contribution in [0.4, 0.5) is 0 Å². The molecule has 2 rings (SSSR count). The molecule has 0 amide bonds. The first kappa shape index (κ1) is 18.4. The summed E-state index contributed by atoms with van der Waals surface area (Å²) in [6, 6.07) is 10.5. The number of hydrogen-bond donors (Lipinski definition) is 0. The number of benzene rings is 1. The van der Waals surface area contributed by atoms with Crippen molar-refractivity contribution in [1.82, 2.24) is 9.80 Å². The van der Waals surface area contributed by atoms with Crippen LogP contribution in [0.5, 0.6) is 0 Å². The number of halogens is 2. The van der Waals surface area contributed by atoms with Crippen molar-refractivity contribution in [1.29, 1.82) is 0 Å². The second kappa shape index (κ2) is 9.11. The summed E-state index contributed by atoms with van der Waals surface area (Å²) < 4.78 is 0. The van der Waals surface area contributed by atoms with Gasteiger partial charge in [-0.15, -0.1) is 0 Å². The molecule has 1 aliphatic heterocycles. The van der Waals surface area contributed by atoms with Gasteiger partial charge in [0.2, 0.25) is 0 Å². The van der Waals surface area contributed by atoms with Gasteiger partial charge in [0.05, 0.1) is 6.67 Å². The van der Waals surface area contributed by atoms with Crippen LogP contribution in [-0.2, 0) is 23.6 Å². The monoisotopic (exact) mass is 395 g/mol. The maximum atomic E-state index is 2.29. The van der Waals surface area contributed by atoms with Crippen molar-refractivity contribution in [2.24, 2.45) is 0 Å². The summed E-state index contributed by atoms with van der Waals surface area (Å²) in [4.78, 5) is 4.46. The fourth-order valence-electron chi connectivity index (χ4n) is 1.51. The number of nitrogens with zero attached hydrogens (tertiary/aromatic N) is 2. The van der Waals surface area contributed by atoms with Crippen molar-refractivity contribution in [3.8, 4) is 0 Å². The Morgan fingerprint density at radius 3 is 2.19 bits per heavy atom. The van der Waals surface area contributed by atoms with Crippen LogP contribution in [-0.4, -0.2) is 23.5 Å². The molecule has 1 heterocycles. The molecule has 0 spiro atoms. The topological polar surface area (TPSA) is 6.48 Å². The molecule has 0 bridgehead atoms. The van der Waals surface area contributed by atoms with E-state index in [0.717, 1.165) is 13.2 Å². The average molecular weight is 398 g/mol. The van der Waals surface area contributed by atoms with Crippen LogP contribution in [0.1, 0.15) is 5.56 Å². The van der Waals surface area contributed by atoms with Gasteiger partial charge in [-0.25, -0.2) is 0 Å². The summed E-state index contributed by atoms with van der Waals surface area (Å²) >= 11 is 0. The second-order valence-electron chi connectivity index (χ2n) is 3.43. The van der Waals surface area contributed by atoms with E-state index in [4.69, 9.17) is 0 Å². The maximum absolute atomic E-state index is 2.29. The van der Waals surface area contributed by atoms with Gasteiger partial charge in [-0.1, -0.05) is 30.3 Å². The van der Waals surface area contributed by atoms with Gasteiger partial charge in [-0.2, -0.15) is 0 Å². The van der Waals surface area contributed by atoms with Crippen molar-refractivity contribution in [3.63, 3.8) is 0 Å². The molecule has 0 saturated heterocycles. The van der Waals surface area contributed by atoms with Gasteiger partial charge in [-0.05, 0) is 5.56 Å². The third kappa shape index (κ3) is 5.39. The maximum Gasteiger partial charge on any atom is 2.00 e. The minimum absolute atomic E-state index is 0. The Kier molecular flexibility index (Phi) is 10.5. The first-order valence-electron chi connectivity index (χ1n) is 4.51. The van der Waals surface area contributed by atoms with E-state index in [1.54, 1.807) is 0 Å². The zero-order valence-electron chi connectivity index (χ0n) is 8.91. The zero-order valence-corrected chi connectivity index (χ0v) is 13.0. The molecule has 1 aromatic rings. The normalized spacial score (nSPS) is 12.6. The molecular formula is C11H14Br2CuN2. The Morgan fingerprint density at radius 1 is 1.06 bits per heavy atom. The van der Waals surface area contributed by atoms with E-state index in [0.29, 0.717) is 0 Å². The summed E-state index contributed by atoms with van der Waals surface area (Å²) in [5.41, 5.74) is 1.36. The molecule has 0 atom stereocenters. The first-order chi connectivity index (χ1) is 6.34. The average Bonchev–Trinajstić information content (AvgIpc) is 2.53. The largest absolute Gasteiger partial charge is 2.00 e. The number of hydrogen-bond acceptors (Lipinski definition) is 2. The molecule has 1 aliphatic rings. The molecular weight excluding hydrogens is 383 g/mol. The second-order valence-corrected chi connectivity index (χ2v) is 3.43. The predicted molar refractivity (Wildman–Crippen MR) is 53.8 cm³/mol. The summed E-state index contributed by atoms with van der Waals surface area (Å²) in [7, 11) is 2.08. The van der Waals surface area contributed by atoms with Gasteiger partial charge in [0, 0.05) is 26.0 Å². The van der Waals surface area contributed by atoms with E-state index in [1.165, 1.54) is 5.56 Å². The fourth-order valence-corrected chi connectivity index (χ4v) is 1.51. The predicted octanol–water partition coefficient (Wildman–Crippen LogP) is -4.13. The van der Waals surface area contributed by atoms with E-state index in [9.17, 15) is 0 Å². The van der Waals surface area contributed by atoms with E-state index in [-0.39, 0.29) is 51.0 Å². The quantitative estimate of drug-likeness (QED) is 0.468. The molecule has 0 N–H and O–H groups in total. The SMILES string of the molecule is CN1C=CN(Cc2ccccc2)C1.[Br-].[Br-].[Cu+2]. The molecule has 1 radical (unpaired) electrons. The summed E-state index contributed by atoms with van der Waals surface area (Å²) in [5, 5.41) is 0. The summed E-state index contributed by atoms with van der Waals surface area (Å²) in [6.45, 7) is 2.00. The molecule has 2 nitrogen and oxygen atoms in total. The van der Waals surface area contributed by atoms with Crippen molar-refractivity contribution in [2.45, 2.75) is 6.54 Å². The smallest absolute Gasteiger partial charge is 1.00 e. The van der Waals surface area contributed by atoms with E-state index in [1.807, 2.05) is 0 Å². The van der Waals surface area contributed by atoms with Gasteiger partial charge in [0.25, 0.3) is 0 Å². The minimum Gasteiger partial charge on any atom is -1.00 e. The van der Waals surface area contributed by atoms with Crippen molar-refractivity contribution >= 4 is 0 Å². The van der Waals surface area contributed by atoms with Crippen LogP contribution in [0.15, 0.2) is 42.7 Å². The van der Waals surface area contributed by atoms with Crippen LogP contribution < -0.4 is 34.0 Å². The van der Waals surface area contributed by atoms with E-state index < -0.39 is 0 Å². The van der Waals surface area contributed by atoms with Crippen LogP contribution in [0.2, 0.25) is 0 Å². The third-order valence-electron chi connectivity index (χ3n) is 2.17. The standard InChI is InChI=1S/C11H14N2.2BrH.Cu/c1-12-7-8-13(10-12)9-11-5-3-2-4-6-11;;;/h2-8H,9-10H2,1H3;2*1H;/q;;;+2/p-2. The van der Waals surface area contributed by atoms with Gasteiger partial charge in [-0.3, -0.25) is 0 Å². The number of rotatable bonds is 2. The van der Waals surface area contributed by atoms with Gasteiger partial charge in [0.15, 0.2) is 0 Å². The van der Waals surface area contributed by atoms with Gasteiger partial charge >= 0.3 is 17.1 Å². The van der Waals surface area contributed by atoms with Gasteiger partial charge < -0.3 is 43.8 Å². The minimum atomic E-state index is 0. The fraction of sp³-hybridized carbons (Fsp3) is 0.273. The Balaban J connectivity index is 0. The zero-order chi connectivity index (χ0) is 9.10. The first-order valence-corrected chi connectivity index (χ1v) is 4.51. The Hall–Kier alpha value is 0.0395. The Bertz CT molecular complexity index is 306. The third-order valence-corrected chi connectivity index (χ3v) is 2.17. The van der Waals surface area contributed by atoms with Crippen molar-refractivity contribution in [2.75, 3.05) is 13.7 Å². The summed E-state index contributed by atoms with van der Waals surface area (Å²) in [5.74, 6) is 0.